The number of carbonyl (C=O) groups excluding carboxylic acids is 1. The second-order valence-electron chi connectivity index (χ2n) is 5.62. The van der Waals surface area contributed by atoms with Gasteiger partial charge in [-0.15, -0.1) is 11.3 Å². The number of amides is 1. The highest BCUT2D eigenvalue weighted by atomic mass is 32.1. The molecule has 0 radical (unpaired) electrons. The summed E-state index contributed by atoms with van der Waals surface area (Å²) in [6, 6.07) is 0.401. The van der Waals surface area contributed by atoms with E-state index in [1.165, 1.54) is 24.2 Å². The van der Waals surface area contributed by atoms with Crippen LogP contribution < -0.4 is 5.73 Å². The van der Waals surface area contributed by atoms with Gasteiger partial charge < -0.3 is 10.6 Å². The minimum atomic E-state index is 0.0801. The molecule has 1 aliphatic rings. The molecule has 1 saturated carbocycles. The normalized spacial score (nSPS) is 16.2. The van der Waals surface area contributed by atoms with E-state index < -0.39 is 0 Å². The SMILES string of the molecule is CC(C)CN(C(=O)c1csc(CN)n1)C1CCCC1. The topological polar surface area (TPSA) is 59.2 Å². The lowest BCUT2D eigenvalue weighted by Crippen LogP contribution is -2.41. The Kier molecular flexibility index (Phi) is 4.93. The first-order chi connectivity index (χ1) is 9.11. The molecule has 1 aromatic rings. The molecule has 0 aromatic carbocycles. The molecule has 106 valence electrons. The third-order valence-electron chi connectivity index (χ3n) is 3.53. The Morgan fingerprint density at radius 1 is 1.53 bits per heavy atom. The van der Waals surface area contributed by atoms with Crippen LogP contribution in [0.15, 0.2) is 5.38 Å². The Hall–Kier alpha value is -0.940. The maximum atomic E-state index is 12.6. The lowest BCUT2D eigenvalue weighted by Gasteiger charge is -2.30. The summed E-state index contributed by atoms with van der Waals surface area (Å²) in [4.78, 5) is 19.0. The third kappa shape index (κ3) is 3.54. The van der Waals surface area contributed by atoms with E-state index in [1.54, 1.807) is 0 Å². The van der Waals surface area contributed by atoms with Crippen molar-refractivity contribution in [3.63, 3.8) is 0 Å². The van der Waals surface area contributed by atoms with Crippen molar-refractivity contribution in [3.8, 4) is 0 Å². The van der Waals surface area contributed by atoms with Crippen molar-refractivity contribution in [2.75, 3.05) is 6.54 Å². The van der Waals surface area contributed by atoms with Crippen molar-refractivity contribution in [1.82, 2.24) is 9.88 Å². The first-order valence-electron chi connectivity index (χ1n) is 7.07. The first kappa shape index (κ1) is 14.5. The van der Waals surface area contributed by atoms with Gasteiger partial charge in [-0.25, -0.2) is 4.98 Å². The van der Waals surface area contributed by atoms with E-state index in [-0.39, 0.29) is 5.91 Å². The lowest BCUT2D eigenvalue weighted by molar-refractivity contribution is 0.0650. The van der Waals surface area contributed by atoms with Crippen LogP contribution in [0.1, 0.15) is 55.0 Å². The number of nitrogens with zero attached hydrogens (tertiary/aromatic N) is 2. The van der Waals surface area contributed by atoms with E-state index in [0.29, 0.717) is 24.2 Å². The molecule has 1 fully saturated rings. The Morgan fingerprint density at radius 2 is 2.21 bits per heavy atom. The van der Waals surface area contributed by atoms with Crippen LogP contribution in [0.25, 0.3) is 0 Å². The summed E-state index contributed by atoms with van der Waals surface area (Å²) < 4.78 is 0. The van der Waals surface area contributed by atoms with E-state index in [0.717, 1.165) is 24.4 Å². The van der Waals surface area contributed by atoms with Crippen molar-refractivity contribution in [3.05, 3.63) is 16.1 Å². The Labute approximate surface area is 119 Å². The summed E-state index contributed by atoms with van der Waals surface area (Å²) >= 11 is 1.47. The number of hydrogen-bond acceptors (Lipinski definition) is 4. The number of nitrogens with two attached hydrogens (primary N) is 1. The average molecular weight is 281 g/mol. The van der Waals surface area contributed by atoms with Gasteiger partial charge in [-0.3, -0.25) is 4.79 Å². The third-order valence-corrected chi connectivity index (χ3v) is 4.40. The van der Waals surface area contributed by atoms with Crippen molar-refractivity contribution in [1.29, 1.82) is 0 Å². The summed E-state index contributed by atoms with van der Waals surface area (Å²) in [5.41, 5.74) is 6.13. The summed E-state index contributed by atoms with van der Waals surface area (Å²) in [5, 5.41) is 2.67. The second kappa shape index (κ2) is 6.48. The highest BCUT2D eigenvalue weighted by Crippen LogP contribution is 2.26. The monoisotopic (exact) mass is 281 g/mol. The molecule has 1 aromatic heterocycles. The molecule has 0 aliphatic heterocycles. The van der Waals surface area contributed by atoms with Crippen LogP contribution in [0.4, 0.5) is 0 Å². The van der Waals surface area contributed by atoms with E-state index in [2.05, 4.69) is 18.8 Å². The largest absolute Gasteiger partial charge is 0.334 e. The molecule has 1 amide bonds. The smallest absolute Gasteiger partial charge is 0.273 e. The van der Waals surface area contributed by atoms with E-state index in [9.17, 15) is 4.79 Å². The van der Waals surface area contributed by atoms with Crippen molar-refractivity contribution >= 4 is 17.2 Å². The molecule has 2 N–H and O–H groups in total. The quantitative estimate of drug-likeness (QED) is 0.902. The number of thiazole rings is 1. The van der Waals surface area contributed by atoms with Gasteiger partial charge >= 0.3 is 0 Å². The Bertz CT molecular complexity index is 424. The van der Waals surface area contributed by atoms with Crippen molar-refractivity contribution in [2.24, 2.45) is 11.7 Å². The fourth-order valence-corrected chi connectivity index (χ4v) is 3.31. The van der Waals surface area contributed by atoms with Crippen LogP contribution in [0.5, 0.6) is 0 Å². The Balaban J connectivity index is 2.14. The van der Waals surface area contributed by atoms with Crippen LogP contribution in [0, 0.1) is 5.92 Å². The summed E-state index contributed by atoms with van der Waals surface area (Å²) in [6.45, 7) is 5.54. The van der Waals surface area contributed by atoms with Gasteiger partial charge in [0.1, 0.15) is 10.7 Å². The number of aromatic nitrogens is 1. The van der Waals surface area contributed by atoms with Gasteiger partial charge in [-0.2, -0.15) is 0 Å². The lowest BCUT2D eigenvalue weighted by atomic mass is 10.1. The molecule has 0 spiro atoms. The maximum absolute atomic E-state index is 12.6. The number of rotatable bonds is 5. The molecule has 4 nitrogen and oxygen atoms in total. The average Bonchev–Trinajstić information content (AvgIpc) is 3.05. The van der Waals surface area contributed by atoms with E-state index in [4.69, 9.17) is 5.73 Å². The zero-order chi connectivity index (χ0) is 13.8. The Morgan fingerprint density at radius 3 is 2.74 bits per heavy atom. The molecular formula is C14H23N3OS. The molecule has 19 heavy (non-hydrogen) atoms. The predicted octanol–water partition coefficient (Wildman–Crippen LogP) is 2.64. The van der Waals surface area contributed by atoms with Gasteiger partial charge in [0.05, 0.1) is 0 Å². The van der Waals surface area contributed by atoms with Gasteiger partial charge in [-0.05, 0) is 18.8 Å². The van der Waals surface area contributed by atoms with Gasteiger partial charge in [0.25, 0.3) is 5.91 Å². The maximum Gasteiger partial charge on any atom is 0.273 e. The standard InChI is InChI=1S/C14H23N3OS/c1-10(2)8-17(11-5-3-4-6-11)14(18)12-9-19-13(7-15)16-12/h9-11H,3-8,15H2,1-2H3. The second-order valence-corrected chi connectivity index (χ2v) is 6.56. The van der Waals surface area contributed by atoms with E-state index >= 15 is 0 Å². The zero-order valence-electron chi connectivity index (χ0n) is 11.8. The molecule has 0 bridgehead atoms. The summed E-state index contributed by atoms with van der Waals surface area (Å²) in [5.74, 6) is 0.564. The van der Waals surface area contributed by atoms with Crippen LogP contribution >= 0.6 is 11.3 Å². The zero-order valence-corrected chi connectivity index (χ0v) is 12.6. The van der Waals surface area contributed by atoms with Gasteiger partial charge in [0.15, 0.2) is 0 Å². The predicted molar refractivity (Wildman–Crippen MR) is 78.1 cm³/mol. The van der Waals surface area contributed by atoms with Gasteiger partial charge in [0, 0.05) is 24.5 Å². The molecule has 0 unspecified atom stereocenters. The molecular weight excluding hydrogens is 258 g/mol. The van der Waals surface area contributed by atoms with E-state index in [1.807, 2.05) is 10.3 Å². The van der Waals surface area contributed by atoms with Gasteiger partial charge in [-0.1, -0.05) is 26.7 Å². The van der Waals surface area contributed by atoms with Crippen LogP contribution in [-0.2, 0) is 6.54 Å². The molecule has 2 rings (SSSR count). The molecule has 0 atom stereocenters. The van der Waals surface area contributed by atoms with Gasteiger partial charge in [0.2, 0.25) is 0 Å². The number of hydrogen-bond donors (Lipinski definition) is 1. The molecule has 1 aliphatic carbocycles. The van der Waals surface area contributed by atoms with Crippen molar-refractivity contribution in [2.45, 2.75) is 52.1 Å². The molecule has 1 heterocycles. The molecule has 0 saturated heterocycles. The van der Waals surface area contributed by atoms with Crippen LogP contribution in [0.2, 0.25) is 0 Å². The van der Waals surface area contributed by atoms with Crippen molar-refractivity contribution < 1.29 is 4.79 Å². The van der Waals surface area contributed by atoms with Crippen LogP contribution in [-0.4, -0.2) is 28.4 Å². The summed E-state index contributed by atoms with van der Waals surface area (Å²) in [7, 11) is 0. The fraction of sp³-hybridized carbons (Fsp3) is 0.714. The molecule has 5 heteroatoms. The summed E-state index contributed by atoms with van der Waals surface area (Å²) in [6.07, 6.45) is 4.73. The highest BCUT2D eigenvalue weighted by Gasteiger charge is 2.28. The highest BCUT2D eigenvalue weighted by molar-refractivity contribution is 7.09. The minimum absolute atomic E-state index is 0.0801. The first-order valence-corrected chi connectivity index (χ1v) is 7.95. The minimum Gasteiger partial charge on any atom is -0.334 e. The van der Waals surface area contributed by atoms with Crippen LogP contribution in [0.3, 0.4) is 0 Å². The fourth-order valence-electron chi connectivity index (χ4n) is 2.66. The number of carbonyl (C=O) groups is 1.